The van der Waals surface area contributed by atoms with Gasteiger partial charge in [0.25, 0.3) is 0 Å². The Balaban J connectivity index is 1.66. The number of para-hydroxylation sites is 1. The predicted molar refractivity (Wildman–Crippen MR) is 131 cm³/mol. The topological polar surface area (TPSA) is 62.6 Å². The number of ether oxygens (including phenoxy) is 2. The summed E-state index contributed by atoms with van der Waals surface area (Å²) in [5.74, 6) is 0.447. The maximum Gasteiger partial charge on any atom is 0.360 e. The van der Waals surface area contributed by atoms with Gasteiger partial charge in [0, 0.05) is 15.6 Å². The third-order valence-electron chi connectivity index (χ3n) is 4.95. The number of carbonyl (C=O) groups excluding carboxylic acids is 1. The summed E-state index contributed by atoms with van der Waals surface area (Å²) in [5.41, 5.74) is 2.55. The summed E-state index contributed by atoms with van der Waals surface area (Å²) in [5, 5.41) is 1.22. The van der Waals surface area contributed by atoms with Crippen molar-refractivity contribution in [2.75, 3.05) is 6.61 Å². The second-order valence-corrected chi connectivity index (χ2v) is 8.10. The molecule has 0 radical (unpaired) electrons. The average Bonchev–Trinajstić information content (AvgIpc) is 3.27. The van der Waals surface area contributed by atoms with Gasteiger partial charge in [-0.3, -0.25) is 0 Å². The van der Waals surface area contributed by atoms with Crippen molar-refractivity contribution >= 4 is 29.2 Å². The minimum absolute atomic E-state index is 0.128. The molecule has 0 aliphatic rings. The van der Waals surface area contributed by atoms with Crippen LogP contribution in [0.1, 0.15) is 28.5 Å². The van der Waals surface area contributed by atoms with Crippen LogP contribution in [0.5, 0.6) is 5.75 Å². The van der Waals surface area contributed by atoms with Crippen LogP contribution in [0.2, 0.25) is 10.0 Å². The van der Waals surface area contributed by atoms with E-state index in [9.17, 15) is 4.79 Å². The minimum atomic E-state index is -0.542. The van der Waals surface area contributed by atoms with E-state index in [2.05, 4.69) is 4.98 Å². The van der Waals surface area contributed by atoms with Gasteiger partial charge < -0.3 is 14.3 Å². The van der Waals surface area contributed by atoms with Crippen LogP contribution in [-0.4, -0.2) is 22.3 Å². The molecular formula is C26H22Cl2N2O4. The Morgan fingerprint density at radius 1 is 0.941 bits per heavy atom. The fourth-order valence-corrected chi connectivity index (χ4v) is 3.58. The van der Waals surface area contributed by atoms with Crippen molar-refractivity contribution in [1.29, 1.82) is 0 Å². The highest BCUT2D eigenvalue weighted by molar-refractivity contribution is 6.31. The van der Waals surface area contributed by atoms with E-state index in [0.717, 1.165) is 11.1 Å². The van der Waals surface area contributed by atoms with Crippen molar-refractivity contribution in [3.63, 3.8) is 0 Å². The first-order chi connectivity index (χ1) is 16.6. The summed E-state index contributed by atoms with van der Waals surface area (Å²) in [7, 11) is 0. The van der Waals surface area contributed by atoms with Gasteiger partial charge in [-0.1, -0.05) is 65.7 Å². The molecule has 4 rings (SSSR count). The van der Waals surface area contributed by atoms with E-state index in [1.807, 2.05) is 66.7 Å². The molecule has 0 atom stereocenters. The van der Waals surface area contributed by atoms with Crippen molar-refractivity contribution < 1.29 is 19.1 Å². The van der Waals surface area contributed by atoms with Crippen LogP contribution in [-0.2, 0) is 18.0 Å². The lowest BCUT2D eigenvalue weighted by atomic mass is 10.2. The Hall–Kier alpha value is -3.48. The molecule has 0 unspecified atom stereocenters. The SMILES string of the molecule is CCOC(=O)c1cnc(-c2ccccc2OCc2ccc(Cl)cc2)n1OCc1ccccc1Cl. The van der Waals surface area contributed by atoms with Crippen LogP contribution < -0.4 is 9.57 Å². The number of aromatic nitrogens is 2. The van der Waals surface area contributed by atoms with Crippen LogP contribution in [0.15, 0.2) is 79.0 Å². The summed E-state index contributed by atoms with van der Waals surface area (Å²) in [6.45, 7) is 2.43. The van der Waals surface area contributed by atoms with Crippen molar-refractivity contribution in [3.05, 3.63) is 106 Å². The predicted octanol–water partition coefficient (Wildman–Crippen LogP) is 6.24. The molecule has 0 fully saturated rings. The molecule has 0 aliphatic heterocycles. The average molecular weight is 497 g/mol. The molecule has 174 valence electrons. The zero-order valence-corrected chi connectivity index (χ0v) is 19.9. The first-order valence-corrected chi connectivity index (χ1v) is 11.4. The number of imidazole rings is 1. The van der Waals surface area contributed by atoms with Crippen LogP contribution >= 0.6 is 23.2 Å². The van der Waals surface area contributed by atoms with Gasteiger partial charge >= 0.3 is 5.97 Å². The highest BCUT2D eigenvalue weighted by Gasteiger charge is 2.22. The standard InChI is InChI=1S/C26H22Cl2N2O4/c1-2-32-26(31)23-15-29-25(30(23)34-17-19-7-3-5-9-22(19)28)21-8-4-6-10-24(21)33-16-18-11-13-20(27)14-12-18/h3-15H,2,16-17H2,1H3. The summed E-state index contributed by atoms with van der Waals surface area (Å²) >= 11 is 12.3. The van der Waals surface area contributed by atoms with Crippen molar-refractivity contribution in [1.82, 2.24) is 9.71 Å². The van der Waals surface area contributed by atoms with Crippen molar-refractivity contribution in [3.8, 4) is 17.1 Å². The molecule has 0 saturated heterocycles. The number of halogens is 2. The number of hydrogen-bond donors (Lipinski definition) is 0. The number of nitrogens with zero attached hydrogens (tertiary/aromatic N) is 2. The lowest BCUT2D eigenvalue weighted by Gasteiger charge is -2.16. The lowest BCUT2D eigenvalue weighted by molar-refractivity contribution is 0.0427. The monoisotopic (exact) mass is 496 g/mol. The fraction of sp³-hybridized carbons (Fsp3) is 0.154. The molecule has 0 amide bonds. The Kier molecular flexibility index (Phi) is 7.72. The van der Waals surface area contributed by atoms with Gasteiger partial charge in [0.15, 0.2) is 11.5 Å². The quantitative estimate of drug-likeness (QED) is 0.256. The Bertz CT molecular complexity index is 1270. The van der Waals surface area contributed by atoms with Crippen LogP contribution in [0.4, 0.5) is 0 Å². The minimum Gasteiger partial charge on any atom is -0.488 e. The molecule has 1 aromatic heterocycles. The van der Waals surface area contributed by atoms with Gasteiger partial charge in [-0.15, -0.1) is 0 Å². The van der Waals surface area contributed by atoms with Gasteiger partial charge in [-0.05, 0) is 42.8 Å². The summed E-state index contributed by atoms with van der Waals surface area (Å²) in [4.78, 5) is 23.1. The first-order valence-electron chi connectivity index (χ1n) is 10.6. The van der Waals surface area contributed by atoms with Gasteiger partial charge in [-0.25, -0.2) is 9.78 Å². The van der Waals surface area contributed by atoms with Gasteiger partial charge in [-0.2, -0.15) is 4.73 Å². The maximum absolute atomic E-state index is 12.6. The van der Waals surface area contributed by atoms with Gasteiger partial charge in [0.1, 0.15) is 19.0 Å². The number of esters is 1. The van der Waals surface area contributed by atoms with Crippen LogP contribution in [0.25, 0.3) is 11.4 Å². The Morgan fingerprint density at radius 2 is 1.68 bits per heavy atom. The molecule has 0 spiro atoms. The molecule has 3 aromatic carbocycles. The lowest BCUT2D eigenvalue weighted by Crippen LogP contribution is -2.20. The molecule has 0 aliphatic carbocycles. The van der Waals surface area contributed by atoms with E-state index in [1.165, 1.54) is 10.9 Å². The van der Waals surface area contributed by atoms with E-state index in [4.69, 9.17) is 37.5 Å². The molecule has 0 saturated carbocycles. The first kappa shape index (κ1) is 23.7. The molecular weight excluding hydrogens is 475 g/mol. The summed E-state index contributed by atoms with van der Waals surface area (Å²) in [6.07, 6.45) is 1.43. The third kappa shape index (κ3) is 5.53. The van der Waals surface area contributed by atoms with E-state index in [0.29, 0.717) is 33.8 Å². The molecule has 8 heteroatoms. The highest BCUT2D eigenvalue weighted by Crippen LogP contribution is 2.30. The van der Waals surface area contributed by atoms with E-state index >= 15 is 0 Å². The number of rotatable bonds is 9. The van der Waals surface area contributed by atoms with E-state index in [1.54, 1.807) is 13.0 Å². The van der Waals surface area contributed by atoms with Gasteiger partial charge in [0.2, 0.25) is 0 Å². The van der Waals surface area contributed by atoms with Crippen LogP contribution in [0, 0.1) is 0 Å². The molecule has 1 heterocycles. The van der Waals surface area contributed by atoms with Crippen molar-refractivity contribution in [2.24, 2.45) is 0 Å². The zero-order chi connectivity index (χ0) is 23.9. The number of hydrogen-bond acceptors (Lipinski definition) is 5. The van der Waals surface area contributed by atoms with Crippen LogP contribution in [0.3, 0.4) is 0 Å². The number of benzene rings is 3. The van der Waals surface area contributed by atoms with E-state index in [-0.39, 0.29) is 18.9 Å². The molecule has 6 nitrogen and oxygen atoms in total. The second-order valence-electron chi connectivity index (χ2n) is 7.26. The summed E-state index contributed by atoms with van der Waals surface area (Å²) in [6, 6.07) is 22.2. The Labute approximate surface area is 207 Å². The largest absolute Gasteiger partial charge is 0.488 e. The normalized spacial score (nSPS) is 10.7. The smallest absolute Gasteiger partial charge is 0.360 e. The molecule has 4 aromatic rings. The molecule has 34 heavy (non-hydrogen) atoms. The van der Waals surface area contributed by atoms with Crippen molar-refractivity contribution in [2.45, 2.75) is 20.1 Å². The maximum atomic E-state index is 12.6. The highest BCUT2D eigenvalue weighted by atomic mass is 35.5. The van der Waals surface area contributed by atoms with E-state index < -0.39 is 5.97 Å². The zero-order valence-electron chi connectivity index (χ0n) is 18.4. The Morgan fingerprint density at radius 3 is 2.44 bits per heavy atom. The second kappa shape index (κ2) is 11.1. The molecule has 0 bridgehead atoms. The fourth-order valence-electron chi connectivity index (χ4n) is 3.26. The summed E-state index contributed by atoms with van der Waals surface area (Å²) < 4.78 is 12.6. The number of carbonyl (C=O) groups is 1. The third-order valence-corrected chi connectivity index (χ3v) is 5.57. The van der Waals surface area contributed by atoms with Gasteiger partial charge in [0.05, 0.1) is 18.4 Å². The molecule has 0 N–H and O–H groups in total.